The van der Waals surface area contributed by atoms with E-state index in [0.29, 0.717) is 13.1 Å². The molecule has 0 aliphatic carbocycles. The molecule has 1 aliphatic heterocycles. The smallest absolute Gasteiger partial charge is 0.410 e. The topological polar surface area (TPSA) is 66.8 Å². The maximum Gasteiger partial charge on any atom is 0.410 e. The highest BCUT2D eigenvalue weighted by atomic mass is 16.6. The minimum absolute atomic E-state index is 0.113. The van der Waals surface area contributed by atoms with Crippen molar-refractivity contribution in [2.45, 2.75) is 39.7 Å². The number of hydrogen-bond donors (Lipinski definition) is 1. The number of carboxylic acid groups (broad SMARTS) is 1. The summed E-state index contributed by atoms with van der Waals surface area (Å²) in [5.74, 6) is -0.929. The van der Waals surface area contributed by atoms with Gasteiger partial charge in [-0.1, -0.05) is 6.92 Å². The first-order chi connectivity index (χ1) is 7.91. The Morgan fingerprint density at radius 1 is 1.24 bits per heavy atom. The van der Waals surface area contributed by atoms with Crippen LogP contribution in [0.15, 0.2) is 0 Å². The van der Waals surface area contributed by atoms with Crippen molar-refractivity contribution in [2.75, 3.05) is 13.1 Å². The maximum atomic E-state index is 11.6. The first kappa shape index (κ1) is 13.8. The molecule has 98 valence electrons. The molecule has 0 aromatic heterocycles. The molecule has 0 bridgehead atoms. The van der Waals surface area contributed by atoms with Crippen molar-refractivity contribution >= 4 is 12.1 Å². The Kier molecular flexibility index (Phi) is 4.78. The van der Waals surface area contributed by atoms with E-state index >= 15 is 0 Å². The number of amides is 1. The molecule has 0 aromatic carbocycles. The second-order valence-corrected chi connectivity index (χ2v) is 4.88. The molecule has 1 N–H and O–H groups in total. The van der Waals surface area contributed by atoms with E-state index in [1.165, 1.54) is 0 Å². The van der Waals surface area contributed by atoms with Crippen LogP contribution in [0.4, 0.5) is 4.79 Å². The Morgan fingerprint density at radius 3 is 2.18 bits per heavy atom. The van der Waals surface area contributed by atoms with Crippen LogP contribution in [0, 0.1) is 11.8 Å². The van der Waals surface area contributed by atoms with E-state index in [9.17, 15) is 9.59 Å². The van der Waals surface area contributed by atoms with Crippen LogP contribution < -0.4 is 0 Å². The van der Waals surface area contributed by atoms with Gasteiger partial charge in [0.2, 0.25) is 0 Å². The van der Waals surface area contributed by atoms with E-state index in [-0.39, 0.29) is 24.0 Å². The number of likely N-dealkylation sites (tertiary alicyclic amines) is 1. The molecule has 0 radical (unpaired) electrons. The number of piperidine rings is 1. The number of carbonyl (C=O) groups is 2. The van der Waals surface area contributed by atoms with Crippen molar-refractivity contribution in [3.05, 3.63) is 0 Å². The van der Waals surface area contributed by atoms with Crippen molar-refractivity contribution < 1.29 is 19.4 Å². The van der Waals surface area contributed by atoms with E-state index in [0.717, 1.165) is 12.8 Å². The Morgan fingerprint density at radius 2 is 1.76 bits per heavy atom. The number of hydrogen-bond acceptors (Lipinski definition) is 3. The lowest BCUT2D eigenvalue weighted by atomic mass is 9.85. The first-order valence-corrected chi connectivity index (χ1v) is 6.10. The number of carboxylic acids is 1. The third-order valence-electron chi connectivity index (χ3n) is 3.23. The molecular formula is C12H21NO4. The summed E-state index contributed by atoms with van der Waals surface area (Å²) in [4.78, 5) is 24.1. The zero-order valence-corrected chi connectivity index (χ0v) is 10.7. The lowest BCUT2D eigenvalue weighted by molar-refractivity contribution is -0.143. The highest BCUT2D eigenvalue weighted by molar-refractivity contribution is 5.70. The first-order valence-electron chi connectivity index (χ1n) is 6.10. The summed E-state index contributed by atoms with van der Waals surface area (Å²) < 4.78 is 5.10. The zero-order chi connectivity index (χ0) is 13.0. The van der Waals surface area contributed by atoms with Gasteiger partial charge in [-0.3, -0.25) is 4.79 Å². The molecule has 1 fully saturated rings. The van der Waals surface area contributed by atoms with Gasteiger partial charge in [-0.05, 0) is 32.6 Å². The van der Waals surface area contributed by atoms with Crippen LogP contribution in [0.1, 0.15) is 33.6 Å². The third kappa shape index (κ3) is 3.91. The monoisotopic (exact) mass is 243 g/mol. The summed E-state index contributed by atoms with van der Waals surface area (Å²) >= 11 is 0. The Bertz CT molecular complexity index is 282. The van der Waals surface area contributed by atoms with Gasteiger partial charge in [0, 0.05) is 13.1 Å². The third-order valence-corrected chi connectivity index (χ3v) is 3.23. The second-order valence-electron chi connectivity index (χ2n) is 4.88. The summed E-state index contributed by atoms with van der Waals surface area (Å²) in [6, 6.07) is 0. The van der Waals surface area contributed by atoms with Crippen LogP contribution in [-0.2, 0) is 9.53 Å². The summed E-state index contributed by atoms with van der Waals surface area (Å²) in [6.45, 7) is 6.55. The molecule has 0 saturated carbocycles. The predicted molar refractivity (Wildman–Crippen MR) is 62.7 cm³/mol. The van der Waals surface area contributed by atoms with Gasteiger partial charge in [0.05, 0.1) is 12.0 Å². The molecule has 1 saturated heterocycles. The average molecular weight is 243 g/mol. The quantitative estimate of drug-likeness (QED) is 0.822. The van der Waals surface area contributed by atoms with Gasteiger partial charge in [-0.25, -0.2) is 4.79 Å². The minimum atomic E-state index is -0.756. The van der Waals surface area contributed by atoms with E-state index in [1.54, 1.807) is 11.8 Å². The molecule has 0 aromatic rings. The number of aliphatic carboxylic acids is 1. The lowest BCUT2D eigenvalue weighted by Gasteiger charge is -2.33. The largest absolute Gasteiger partial charge is 0.481 e. The summed E-state index contributed by atoms with van der Waals surface area (Å²) in [5, 5.41) is 8.92. The fourth-order valence-corrected chi connectivity index (χ4v) is 2.06. The van der Waals surface area contributed by atoms with Gasteiger partial charge in [0.15, 0.2) is 0 Å². The van der Waals surface area contributed by atoms with Crippen LogP contribution in [-0.4, -0.2) is 41.3 Å². The number of carbonyl (C=O) groups excluding carboxylic acids is 1. The fraction of sp³-hybridized carbons (Fsp3) is 0.833. The van der Waals surface area contributed by atoms with E-state index in [2.05, 4.69) is 0 Å². The average Bonchev–Trinajstić information content (AvgIpc) is 2.27. The Labute approximate surface area is 102 Å². The SMILES string of the molecule is CC(C)OC(=O)N1CCC(C(C)C(=O)O)CC1. The Hall–Kier alpha value is -1.26. The summed E-state index contributed by atoms with van der Waals surface area (Å²) in [6.07, 6.45) is 1.07. The molecule has 1 heterocycles. The molecule has 1 rings (SSSR count). The molecule has 5 heteroatoms. The van der Waals surface area contributed by atoms with Crippen molar-refractivity contribution in [3.8, 4) is 0 Å². The lowest BCUT2D eigenvalue weighted by Crippen LogP contribution is -2.41. The van der Waals surface area contributed by atoms with Crippen LogP contribution >= 0.6 is 0 Å². The predicted octanol–water partition coefficient (Wildman–Crippen LogP) is 1.96. The zero-order valence-electron chi connectivity index (χ0n) is 10.7. The maximum absolute atomic E-state index is 11.6. The van der Waals surface area contributed by atoms with Crippen LogP contribution in [0.2, 0.25) is 0 Å². The molecule has 1 atom stereocenters. The molecule has 5 nitrogen and oxygen atoms in total. The van der Waals surface area contributed by atoms with E-state index in [4.69, 9.17) is 9.84 Å². The van der Waals surface area contributed by atoms with Gasteiger partial charge >= 0.3 is 12.1 Å². The highest BCUT2D eigenvalue weighted by Crippen LogP contribution is 2.25. The molecule has 1 unspecified atom stereocenters. The van der Waals surface area contributed by atoms with Crippen molar-refractivity contribution in [2.24, 2.45) is 11.8 Å². The molecule has 1 aliphatic rings. The molecule has 0 spiro atoms. The van der Waals surface area contributed by atoms with Gasteiger partial charge in [0.1, 0.15) is 0 Å². The van der Waals surface area contributed by atoms with Crippen molar-refractivity contribution in [1.29, 1.82) is 0 Å². The molecule has 1 amide bonds. The standard InChI is InChI=1S/C12H21NO4/c1-8(2)17-12(16)13-6-4-10(5-7-13)9(3)11(14)15/h8-10H,4-7H2,1-3H3,(H,14,15). The van der Waals surface area contributed by atoms with Gasteiger partial charge in [0.25, 0.3) is 0 Å². The minimum Gasteiger partial charge on any atom is -0.481 e. The molecule has 17 heavy (non-hydrogen) atoms. The molecular weight excluding hydrogens is 222 g/mol. The van der Waals surface area contributed by atoms with Gasteiger partial charge in [-0.2, -0.15) is 0 Å². The van der Waals surface area contributed by atoms with Crippen LogP contribution in [0.25, 0.3) is 0 Å². The van der Waals surface area contributed by atoms with E-state index in [1.807, 2.05) is 13.8 Å². The van der Waals surface area contributed by atoms with Gasteiger partial charge in [-0.15, -0.1) is 0 Å². The van der Waals surface area contributed by atoms with Crippen molar-refractivity contribution in [1.82, 2.24) is 4.90 Å². The number of nitrogens with zero attached hydrogens (tertiary/aromatic N) is 1. The number of ether oxygens (including phenoxy) is 1. The second kappa shape index (κ2) is 5.89. The summed E-state index contributed by atoms with van der Waals surface area (Å²) in [5.41, 5.74) is 0. The van der Waals surface area contributed by atoms with Crippen molar-refractivity contribution in [3.63, 3.8) is 0 Å². The number of rotatable bonds is 3. The normalized spacial score (nSPS) is 19.2. The van der Waals surface area contributed by atoms with Gasteiger partial charge < -0.3 is 14.7 Å². The highest BCUT2D eigenvalue weighted by Gasteiger charge is 2.30. The summed E-state index contributed by atoms with van der Waals surface area (Å²) in [7, 11) is 0. The fourth-order valence-electron chi connectivity index (χ4n) is 2.06. The van der Waals surface area contributed by atoms with E-state index < -0.39 is 5.97 Å². The van der Waals surface area contributed by atoms with Crippen LogP contribution in [0.5, 0.6) is 0 Å². The van der Waals surface area contributed by atoms with Crippen LogP contribution in [0.3, 0.4) is 0 Å². The Balaban J connectivity index is 2.40.